The summed E-state index contributed by atoms with van der Waals surface area (Å²) in [5.41, 5.74) is 8.18. The molecule has 2 amide bonds. The number of rotatable bonds is 3. The van der Waals surface area contributed by atoms with Crippen LogP contribution < -0.4 is 10.9 Å². The summed E-state index contributed by atoms with van der Waals surface area (Å²) in [4.78, 5) is 23.7. The molecule has 4 nitrogen and oxygen atoms in total. The number of hydrogen-bond acceptors (Lipinski definition) is 2. The predicted molar refractivity (Wildman–Crippen MR) is 87.0 cm³/mol. The first-order chi connectivity index (χ1) is 10.6. The van der Waals surface area contributed by atoms with Crippen molar-refractivity contribution < 1.29 is 9.59 Å². The second kappa shape index (κ2) is 7.22. The Morgan fingerprint density at radius 2 is 1.68 bits per heavy atom. The minimum Gasteiger partial charge on any atom is -0.268 e. The number of carbonyl (C=O) groups excluding carboxylic acids is 2. The Morgan fingerprint density at radius 3 is 2.36 bits per heavy atom. The first-order valence-corrected chi connectivity index (χ1v) is 6.97. The third kappa shape index (κ3) is 4.31. The van der Waals surface area contributed by atoms with Gasteiger partial charge in [-0.25, -0.2) is 0 Å². The number of aryl methyl sites for hydroxylation is 2. The molecule has 0 aliphatic rings. The molecule has 22 heavy (non-hydrogen) atoms. The predicted octanol–water partition coefficient (Wildman–Crippen LogP) is 2.78. The number of carbonyl (C=O) groups is 2. The average molecular weight is 294 g/mol. The Bertz CT molecular complexity index is 706. The quantitative estimate of drug-likeness (QED) is 0.675. The summed E-state index contributed by atoms with van der Waals surface area (Å²) >= 11 is 0. The first kappa shape index (κ1) is 15.5. The number of benzene rings is 2. The third-order valence-electron chi connectivity index (χ3n) is 3.15. The standard InChI is InChI=1S/C18H18N2O2/c1-13-8-10-16(14(2)12-13)18(22)20-19-17(21)11-9-15-6-4-3-5-7-15/h3-12H,1-2H3,(H,19,21)(H,20,22)/b11-9+. The zero-order valence-electron chi connectivity index (χ0n) is 12.6. The zero-order valence-corrected chi connectivity index (χ0v) is 12.6. The van der Waals surface area contributed by atoms with Gasteiger partial charge in [0.05, 0.1) is 0 Å². The molecule has 2 aromatic rings. The monoisotopic (exact) mass is 294 g/mol. The van der Waals surface area contributed by atoms with Crippen LogP contribution in [0.25, 0.3) is 6.08 Å². The Hall–Kier alpha value is -2.88. The Kier molecular flexibility index (Phi) is 5.09. The van der Waals surface area contributed by atoms with Gasteiger partial charge in [0.1, 0.15) is 0 Å². The number of nitrogens with one attached hydrogen (secondary N) is 2. The van der Waals surface area contributed by atoms with Gasteiger partial charge in [0.2, 0.25) is 0 Å². The van der Waals surface area contributed by atoms with Crippen molar-refractivity contribution in [1.29, 1.82) is 0 Å². The molecule has 2 N–H and O–H groups in total. The van der Waals surface area contributed by atoms with E-state index in [1.807, 2.05) is 56.3 Å². The van der Waals surface area contributed by atoms with Gasteiger partial charge >= 0.3 is 0 Å². The maximum atomic E-state index is 12.0. The van der Waals surface area contributed by atoms with Gasteiger partial charge in [-0.3, -0.25) is 20.4 Å². The lowest BCUT2D eigenvalue weighted by Crippen LogP contribution is -2.41. The molecule has 0 aliphatic heterocycles. The van der Waals surface area contributed by atoms with Gasteiger partial charge in [-0.2, -0.15) is 0 Å². The van der Waals surface area contributed by atoms with E-state index in [-0.39, 0.29) is 11.8 Å². The van der Waals surface area contributed by atoms with Crippen LogP contribution in [0.2, 0.25) is 0 Å². The van der Waals surface area contributed by atoms with Crippen LogP contribution in [0.15, 0.2) is 54.6 Å². The van der Waals surface area contributed by atoms with E-state index < -0.39 is 0 Å². The van der Waals surface area contributed by atoms with E-state index in [2.05, 4.69) is 10.9 Å². The van der Waals surface area contributed by atoms with Gasteiger partial charge in [-0.1, -0.05) is 48.0 Å². The van der Waals surface area contributed by atoms with Crippen LogP contribution in [0.4, 0.5) is 0 Å². The molecule has 0 aromatic heterocycles. The molecule has 0 bridgehead atoms. The van der Waals surface area contributed by atoms with E-state index in [9.17, 15) is 9.59 Å². The van der Waals surface area contributed by atoms with E-state index in [0.29, 0.717) is 5.56 Å². The average Bonchev–Trinajstić information content (AvgIpc) is 2.51. The topological polar surface area (TPSA) is 58.2 Å². The highest BCUT2D eigenvalue weighted by molar-refractivity contribution is 5.98. The van der Waals surface area contributed by atoms with Crippen molar-refractivity contribution in [2.24, 2.45) is 0 Å². The molecule has 0 radical (unpaired) electrons. The molecule has 0 atom stereocenters. The van der Waals surface area contributed by atoms with Gasteiger partial charge in [0, 0.05) is 11.6 Å². The van der Waals surface area contributed by atoms with Crippen LogP contribution in [-0.4, -0.2) is 11.8 Å². The number of hydrazine groups is 1. The number of hydrogen-bond donors (Lipinski definition) is 2. The maximum absolute atomic E-state index is 12.0. The summed E-state index contributed by atoms with van der Waals surface area (Å²) in [5.74, 6) is -0.721. The second-order valence-electron chi connectivity index (χ2n) is 5.01. The summed E-state index contributed by atoms with van der Waals surface area (Å²) in [5, 5.41) is 0. The molecule has 0 fully saturated rings. The van der Waals surface area contributed by atoms with Crippen LogP contribution in [0.5, 0.6) is 0 Å². The highest BCUT2D eigenvalue weighted by atomic mass is 16.2. The molecular formula is C18H18N2O2. The van der Waals surface area contributed by atoms with Crippen molar-refractivity contribution in [2.45, 2.75) is 13.8 Å². The van der Waals surface area contributed by atoms with Gasteiger partial charge in [-0.05, 0) is 37.1 Å². The van der Waals surface area contributed by atoms with Crippen molar-refractivity contribution in [3.63, 3.8) is 0 Å². The molecular weight excluding hydrogens is 276 g/mol. The fourth-order valence-corrected chi connectivity index (χ4v) is 2.03. The van der Waals surface area contributed by atoms with Gasteiger partial charge in [0.15, 0.2) is 0 Å². The van der Waals surface area contributed by atoms with Crippen LogP contribution in [-0.2, 0) is 4.79 Å². The lowest BCUT2D eigenvalue weighted by atomic mass is 10.1. The smallest absolute Gasteiger partial charge is 0.268 e. The Balaban J connectivity index is 1.91. The van der Waals surface area contributed by atoms with Gasteiger partial charge in [0.25, 0.3) is 11.8 Å². The van der Waals surface area contributed by atoms with Crippen LogP contribution in [0, 0.1) is 13.8 Å². The fraction of sp³-hybridized carbons (Fsp3) is 0.111. The lowest BCUT2D eigenvalue weighted by Gasteiger charge is -2.08. The van der Waals surface area contributed by atoms with E-state index in [1.165, 1.54) is 6.08 Å². The lowest BCUT2D eigenvalue weighted by molar-refractivity contribution is -0.117. The summed E-state index contributed by atoms with van der Waals surface area (Å²) in [6, 6.07) is 15.0. The molecule has 2 aromatic carbocycles. The summed E-state index contributed by atoms with van der Waals surface area (Å²) < 4.78 is 0. The highest BCUT2D eigenvalue weighted by Crippen LogP contribution is 2.09. The molecule has 0 spiro atoms. The largest absolute Gasteiger partial charge is 0.269 e. The van der Waals surface area contributed by atoms with Crippen molar-refractivity contribution in [3.05, 3.63) is 76.9 Å². The molecule has 112 valence electrons. The van der Waals surface area contributed by atoms with Crippen molar-refractivity contribution in [3.8, 4) is 0 Å². The minimum atomic E-state index is -0.387. The molecule has 0 aliphatic carbocycles. The Morgan fingerprint density at radius 1 is 0.955 bits per heavy atom. The number of amides is 2. The summed E-state index contributed by atoms with van der Waals surface area (Å²) in [6.45, 7) is 3.82. The SMILES string of the molecule is Cc1ccc(C(=O)NNC(=O)/C=C/c2ccccc2)c(C)c1. The summed E-state index contributed by atoms with van der Waals surface area (Å²) in [7, 11) is 0. The molecule has 4 heteroatoms. The maximum Gasteiger partial charge on any atom is 0.269 e. The van der Waals surface area contributed by atoms with Crippen molar-refractivity contribution in [1.82, 2.24) is 10.9 Å². The summed E-state index contributed by atoms with van der Waals surface area (Å²) in [6.07, 6.45) is 3.05. The second-order valence-corrected chi connectivity index (χ2v) is 5.01. The normalized spacial score (nSPS) is 10.5. The van der Waals surface area contributed by atoms with Crippen LogP contribution in [0.3, 0.4) is 0 Å². The van der Waals surface area contributed by atoms with Crippen molar-refractivity contribution >= 4 is 17.9 Å². The van der Waals surface area contributed by atoms with E-state index >= 15 is 0 Å². The molecule has 2 rings (SSSR count). The fourth-order valence-electron chi connectivity index (χ4n) is 2.03. The molecule has 0 unspecified atom stereocenters. The van der Waals surface area contributed by atoms with Crippen LogP contribution >= 0.6 is 0 Å². The van der Waals surface area contributed by atoms with E-state index in [4.69, 9.17) is 0 Å². The third-order valence-corrected chi connectivity index (χ3v) is 3.15. The van der Waals surface area contributed by atoms with Crippen LogP contribution in [0.1, 0.15) is 27.0 Å². The minimum absolute atomic E-state index is 0.334. The molecule has 0 heterocycles. The highest BCUT2D eigenvalue weighted by Gasteiger charge is 2.08. The van der Waals surface area contributed by atoms with Gasteiger partial charge < -0.3 is 0 Å². The van der Waals surface area contributed by atoms with Gasteiger partial charge in [-0.15, -0.1) is 0 Å². The van der Waals surface area contributed by atoms with E-state index in [0.717, 1.165) is 16.7 Å². The first-order valence-electron chi connectivity index (χ1n) is 6.97. The Labute approximate surface area is 129 Å². The molecule has 0 saturated heterocycles. The van der Waals surface area contributed by atoms with E-state index in [1.54, 1.807) is 12.1 Å². The zero-order chi connectivity index (χ0) is 15.9. The molecule has 0 saturated carbocycles. The van der Waals surface area contributed by atoms with Crippen molar-refractivity contribution in [2.75, 3.05) is 0 Å².